The van der Waals surface area contributed by atoms with Crippen molar-refractivity contribution < 1.29 is 42.1 Å². The van der Waals surface area contributed by atoms with E-state index < -0.39 is 32.5 Å². The summed E-state index contributed by atoms with van der Waals surface area (Å²) in [6, 6.07) is 0. The van der Waals surface area contributed by atoms with Crippen molar-refractivity contribution in [2.75, 3.05) is 47.5 Å². The van der Waals surface area contributed by atoms with Gasteiger partial charge in [-0.05, 0) is 109 Å². The van der Waals surface area contributed by atoms with Gasteiger partial charge in [-0.25, -0.2) is 0 Å². The van der Waals surface area contributed by atoms with Gasteiger partial charge in [0.2, 0.25) is 0 Å². The molecule has 10 heteroatoms. The smallest absolute Gasteiger partial charge is 0.306 e. The fourth-order valence-electron chi connectivity index (χ4n) is 8.53. The molecule has 2 unspecified atom stereocenters. The SMILES string of the molecule is CC/C=C\C/C=C\C/C=C\C/C=C\C/C=C\C/C=C\C/C=C\C/C=C\C/C=C\CCCCCCCCCCCCCCCC(=O)OC(COC(=O)CCCCCCC/C=C\CCCCCCCC)COP(=O)([O-])OCC[N+](C)(C)C. The van der Waals surface area contributed by atoms with Crippen molar-refractivity contribution in [1.29, 1.82) is 0 Å². The molecule has 0 bridgehead atoms. The van der Waals surface area contributed by atoms with Crippen LogP contribution in [0.15, 0.2) is 122 Å². The summed E-state index contributed by atoms with van der Waals surface area (Å²) in [5.74, 6) is -0.845. The minimum absolute atomic E-state index is 0.0361. The molecule has 0 N–H and O–H groups in total. The minimum Gasteiger partial charge on any atom is -0.756 e. The van der Waals surface area contributed by atoms with Gasteiger partial charge < -0.3 is 27.9 Å². The zero-order chi connectivity index (χ0) is 58.4. The lowest BCUT2D eigenvalue weighted by molar-refractivity contribution is -0.870. The topological polar surface area (TPSA) is 111 Å². The Bertz CT molecular complexity index is 1760. The third kappa shape index (κ3) is 63.6. The first kappa shape index (κ1) is 76.4. The number of ether oxygens (including phenoxy) is 2. The highest BCUT2D eigenvalue weighted by molar-refractivity contribution is 7.45. The number of hydrogen-bond donors (Lipinski definition) is 0. The van der Waals surface area contributed by atoms with Crippen LogP contribution in [0.4, 0.5) is 0 Å². The normalized spacial score (nSPS) is 14.0. The second-order valence-electron chi connectivity index (χ2n) is 22.4. The average molecular weight is 1130 g/mol. The minimum atomic E-state index is -4.64. The summed E-state index contributed by atoms with van der Waals surface area (Å²) >= 11 is 0. The van der Waals surface area contributed by atoms with Crippen molar-refractivity contribution in [3.8, 4) is 0 Å². The Hall–Kier alpha value is -3.59. The maximum Gasteiger partial charge on any atom is 0.306 e. The van der Waals surface area contributed by atoms with Crippen LogP contribution in [0.2, 0.25) is 0 Å². The van der Waals surface area contributed by atoms with E-state index in [0.717, 1.165) is 116 Å². The van der Waals surface area contributed by atoms with Gasteiger partial charge in [-0.3, -0.25) is 14.2 Å². The lowest BCUT2D eigenvalue weighted by atomic mass is 10.0. The van der Waals surface area contributed by atoms with Gasteiger partial charge in [0, 0.05) is 12.8 Å². The number of phosphoric acid groups is 1. The highest BCUT2D eigenvalue weighted by Gasteiger charge is 2.22. The number of allylic oxidation sites excluding steroid dienone is 20. The van der Waals surface area contributed by atoms with Gasteiger partial charge in [-0.1, -0.05) is 257 Å². The fraction of sp³-hybridized carbons (Fsp3) is 0.686. The van der Waals surface area contributed by atoms with Crippen LogP contribution in [0.25, 0.3) is 0 Å². The van der Waals surface area contributed by atoms with Gasteiger partial charge in [0.15, 0.2) is 6.10 Å². The maximum atomic E-state index is 12.8. The van der Waals surface area contributed by atoms with Gasteiger partial charge >= 0.3 is 11.9 Å². The number of likely N-dealkylation sites (N-methyl/N-ethyl adjacent to an activating group) is 1. The quantitative estimate of drug-likeness (QED) is 0.0195. The van der Waals surface area contributed by atoms with Gasteiger partial charge in [0.25, 0.3) is 7.82 Å². The van der Waals surface area contributed by atoms with E-state index >= 15 is 0 Å². The molecule has 0 saturated carbocycles. The van der Waals surface area contributed by atoms with E-state index in [9.17, 15) is 19.0 Å². The van der Waals surface area contributed by atoms with Crippen LogP contribution < -0.4 is 4.89 Å². The summed E-state index contributed by atoms with van der Waals surface area (Å²) in [6.07, 6.45) is 85.5. The number of quaternary nitrogens is 1. The molecule has 0 amide bonds. The first-order valence-corrected chi connectivity index (χ1v) is 33.7. The van der Waals surface area contributed by atoms with Crippen LogP contribution in [0.1, 0.15) is 258 Å². The van der Waals surface area contributed by atoms with Crippen LogP contribution in [-0.4, -0.2) is 70.0 Å². The van der Waals surface area contributed by atoms with Gasteiger partial charge in [0.05, 0.1) is 27.7 Å². The van der Waals surface area contributed by atoms with E-state index in [1.807, 2.05) is 21.1 Å². The Morgan fingerprint density at radius 1 is 0.400 bits per heavy atom. The Labute approximate surface area is 492 Å². The number of carbonyl (C=O) groups is 2. The number of hydrogen-bond acceptors (Lipinski definition) is 8. The van der Waals surface area contributed by atoms with Crippen molar-refractivity contribution in [3.05, 3.63) is 122 Å². The number of nitrogens with zero attached hydrogens (tertiary/aromatic N) is 1. The number of unbranched alkanes of at least 4 members (excludes halogenated alkanes) is 24. The first-order chi connectivity index (χ1) is 39.0. The predicted molar refractivity (Wildman–Crippen MR) is 341 cm³/mol. The van der Waals surface area contributed by atoms with Gasteiger partial charge in [0.1, 0.15) is 19.8 Å². The summed E-state index contributed by atoms with van der Waals surface area (Å²) in [5, 5.41) is 0. The number of carbonyl (C=O) groups excluding carboxylic acids is 2. The van der Waals surface area contributed by atoms with Gasteiger partial charge in [-0.15, -0.1) is 0 Å². The van der Waals surface area contributed by atoms with Crippen molar-refractivity contribution in [2.24, 2.45) is 0 Å². The number of rotatable bonds is 58. The van der Waals surface area contributed by atoms with Crippen molar-refractivity contribution in [3.63, 3.8) is 0 Å². The van der Waals surface area contributed by atoms with Gasteiger partial charge in [-0.2, -0.15) is 0 Å². The Kier molecular flexibility index (Phi) is 57.3. The molecular formula is C70H120NO8P. The summed E-state index contributed by atoms with van der Waals surface area (Å²) < 4.78 is 34.2. The van der Waals surface area contributed by atoms with E-state index in [-0.39, 0.29) is 26.1 Å². The average Bonchev–Trinajstić information content (AvgIpc) is 3.42. The molecule has 0 saturated heterocycles. The molecule has 0 aliphatic rings. The largest absolute Gasteiger partial charge is 0.756 e. The summed E-state index contributed by atoms with van der Waals surface area (Å²) in [4.78, 5) is 37.9. The summed E-state index contributed by atoms with van der Waals surface area (Å²) in [6.45, 7) is 4.11. The molecule has 0 aliphatic heterocycles. The molecule has 0 aliphatic carbocycles. The summed E-state index contributed by atoms with van der Waals surface area (Å²) in [7, 11) is 1.15. The van der Waals surface area contributed by atoms with E-state index in [0.29, 0.717) is 17.4 Å². The lowest BCUT2D eigenvalue weighted by Crippen LogP contribution is -2.37. The molecule has 2 atom stereocenters. The third-order valence-electron chi connectivity index (χ3n) is 13.5. The highest BCUT2D eigenvalue weighted by atomic mass is 31.2. The molecule has 0 aromatic carbocycles. The molecule has 0 rings (SSSR count). The van der Waals surface area contributed by atoms with Crippen LogP contribution in [0.3, 0.4) is 0 Å². The highest BCUT2D eigenvalue weighted by Crippen LogP contribution is 2.38. The second-order valence-corrected chi connectivity index (χ2v) is 23.8. The van der Waals surface area contributed by atoms with Crippen molar-refractivity contribution in [2.45, 2.75) is 264 Å². The molecule has 0 heterocycles. The maximum absolute atomic E-state index is 12.8. The monoisotopic (exact) mass is 1130 g/mol. The lowest BCUT2D eigenvalue weighted by Gasteiger charge is -2.28. The molecule has 9 nitrogen and oxygen atoms in total. The van der Waals surface area contributed by atoms with Crippen LogP contribution in [0.5, 0.6) is 0 Å². The van der Waals surface area contributed by atoms with Crippen molar-refractivity contribution in [1.82, 2.24) is 0 Å². The fourth-order valence-corrected chi connectivity index (χ4v) is 9.25. The molecule has 0 aromatic rings. The number of phosphoric ester groups is 1. The van der Waals surface area contributed by atoms with Crippen LogP contribution >= 0.6 is 7.82 Å². The van der Waals surface area contributed by atoms with Crippen LogP contribution in [0, 0.1) is 0 Å². The number of esters is 2. The second kappa shape index (κ2) is 60.0. The zero-order valence-corrected chi connectivity index (χ0v) is 52.9. The molecule has 80 heavy (non-hydrogen) atoms. The molecular weight excluding hydrogens is 1010 g/mol. The predicted octanol–water partition coefficient (Wildman–Crippen LogP) is 20.1. The Balaban J connectivity index is 4.03. The van der Waals surface area contributed by atoms with E-state index in [1.54, 1.807) is 0 Å². The van der Waals surface area contributed by atoms with E-state index in [4.69, 9.17) is 18.5 Å². The molecule has 0 spiro atoms. The van der Waals surface area contributed by atoms with E-state index in [1.165, 1.54) is 109 Å². The molecule has 0 fully saturated rings. The Morgan fingerprint density at radius 3 is 1.07 bits per heavy atom. The molecule has 0 aromatic heterocycles. The van der Waals surface area contributed by atoms with Crippen LogP contribution in [-0.2, 0) is 32.7 Å². The van der Waals surface area contributed by atoms with Crippen molar-refractivity contribution >= 4 is 19.8 Å². The standard InChI is InChI=1S/C70H120NO8P/c1-6-8-10-12-14-16-18-20-22-23-24-25-26-27-28-29-30-31-32-33-34-35-36-37-38-39-40-41-42-43-44-45-46-47-49-51-53-55-57-59-61-63-70(73)79-68(67-78-80(74,75)77-65-64-71(3,4)5)66-76-69(72)62-60-58-56-54-52-50-48-21-19-17-15-13-11-9-7-2/h8,10,14,16,20-22,24-25,27-28,30-31,33-34,36-37,39-40,48,68H,6-7,9,11-13,15,17-19,23,26,29,32,35,38,41-47,49-67H2,1-5H3/b10-8-,16-14-,22-20-,25-24-,28-27-,31-30-,34-33-,37-36-,40-39-,48-21-. The molecule has 0 radical (unpaired) electrons. The molecule has 458 valence electrons. The zero-order valence-electron chi connectivity index (χ0n) is 52.0. The summed E-state index contributed by atoms with van der Waals surface area (Å²) in [5.41, 5.74) is 0. The first-order valence-electron chi connectivity index (χ1n) is 32.2. The Morgan fingerprint density at radius 2 is 0.713 bits per heavy atom. The third-order valence-corrected chi connectivity index (χ3v) is 14.4. The van der Waals surface area contributed by atoms with E-state index in [2.05, 4.69) is 135 Å².